The normalized spacial score (nSPS) is 11.7. The summed E-state index contributed by atoms with van der Waals surface area (Å²) in [5.74, 6) is -1.48. The van der Waals surface area contributed by atoms with Gasteiger partial charge in [-0.2, -0.15) is 0 Å². The third-order valence-electron chi connectivity index (χ3n) is 2.61. The Balaban J connectivity index is 2.66. The number of hydrogen-bond acceptors (Lipinski definition) is 4. The molecule has 0 aliphatic rings. The Morgan fingerprint density at radius 1 is 1.32 bits per heavy atom. The number of nitrogens with zero attached hydrogens (tertiary/aromatic N) is 1. The standard InChI is InChI=1S/C12H17NO4S2/c1-13(19(16,17)8-7-12(14)15)9-10-3-5-11(18-2)6-4-10/h3-6H,7-9H2,1-2H3,(H,14,15). The molecular formula is C12H17NO4S2. The van der Waals surface area contributed by atoms with Crippen LogP contribution < -0.4 is 0 Å². The number of aliphatic carboxylic acids is 1. The minimum atomic E-state index is -3.52. The minimum Gasteiger partial charge on any atom is -0.481 e. The Labute approximate surface area is 117 Å². The monoisotopic (exact) mass is 303 g/mol. The van der Waals surface area contributed by atoms with Crippen molar-refractivity contribution in [3.63, 3.8) is 0 Å². The van der Waals surface area contributed by atoms with E-state index in [9.17, 15) is 13.2 Å². The molecule has 0 unspecified atom stereocenters. The van der Waals surface area contributed by atoms with Gasteiger partial charge in [0.05, 0.1) is 12.2 Å². The lowest BCUT2D eigenvalue weighted by Gasteiger charge is -2.16. The molecule has 1 N–H and O–H groups in total. The third-order valence-corrected chi connectivity index (χ3v) is 5.16. The van der Waals surface area contributed by atoms with Crippen LogP contribution in [0.5, 0.6) is 0 Å². The second-order valence-corrected chi connectivity index (χ2v) is 7.14. The number of carboxylic acid groups (broad SMARTS) is 1. The van der Waals surface area contributed by atoms with E-state index >= 15 is 0 Å². The van der Waals surface area contributed by atoms with Crippen LogP contribution >= 0.6 is 11.8 Å². The van der Waals surface area contributed by atoms with Gasteiger partial charge in [0.1, 0.15) is 0 Å². The van der Waals surface area contributed by atoms with Crippen molar-refractivity contribution in [2.45, 2.75) is 17.9 Å². The van der Waals surface area contributed by atoms with Crippen LogP contribution in [0.25, 0.3) is 0 Å². The molecule has 0 aliphatic carbocycles. The van der Waals surface area contributed by atoms with Gasteiger partial charge in [0, 0.05) is 18.5 Å². The lowest BCUT2D eigenvalue weighted by molar-refractivity contribution is -0.136. The maximum atomic E-state index is 11.8. The van der Waals surface area contributed by atoms with E-state index in [0.717, 1.165) is 10.5 Å². The van der Waals surface area contributed by atoms with Crippen LogP contribution in [0.15, 0.2) is 29.2 Å². The van der Waals surface area contributed by atoms with Gasteiger partial charge in [-0.3, -0.25) is 4.79 Å². The van der Waals surface area contributed by atoms with Crippen molar-refractivity contribution in [3.8, 4) is 0 Å². The van der Waals surface area contributed by atoms with Gasteiger partial charge in [-0.05, 0) is 24.0 Å². The van der Waals surface area contributed by atoms with E-state index in [1.807, 2.05) is 30.5 Å². The molecule has 0 saturated carbocycles. The summed E-state index contributed by atoms with van der Waals surface area (Å²) in [5, 5.41) is 8.52. The summed E-state index contributed by atoms with van der Waals surface area (Å²) < 4.78 is 24.8. The molecule has 1 aromatic rings. The molecule has 19 heavy (non-hydrogen) atoms. The van der Waals surface area contributed by atoms with Crippen LogP contribution in [0.4, 0.5) is 0 Å². The van der Waals surface area contributed by atoms with Crippen LogP contribution in [0.3, 0.4) is 0 Å². The van der Waals surface area contributed by atoms with Gasteiger partial charge in [0.2, 0.25) is 10.0 Å². The van der Waals surface area contributed by atoms with Gasteiger partial charge < -0.3 is 5.11 Å². The van der Waals surface area contributed by atoms with E-state index < -0.39 is 16.0 Å². The first kappa shape index (κ1) is 16.0. The number of carboxylic acids is 1. The molecule has 5 nitrogen and oxygen atoms in total. The maximum absolute atomic E-state index is 11.8. The van der Waals surface area contributed by atoms with Crippen LogP contribution in [0.1, 0.15) is 12.0 Å². The van der Waals surface area contributed by atoms with Crippen molar-refractivity contribution in [1.82, 2.24) is 4.31 Å². The molecule has 0 amide bonds. The number of rotatable bonds is 7. The SMILES string of the molecule is CSc1ccc(CN(C)S(=O)(=O)CCC(=O)O)cc1. The Bertz CT molecular complexity index is 525. The summed E-state index contributed by atoms with van der Waals surface area (Å²) in [7, 11) is -2.06. The topological polar surface area (TPSA) is 74.7 Å². The van der Waals surface area contributed by atoms with E-state index in [1.54, 1.807) is 11.8 Å². The first-order chi connectivity index (χ1) is 8.85. The highest BCUT2D eigenvalue weighted by atomic mass is 32.2. The second kappa shape index (κ2) is 6.93. The van der Waals surface area contributed by atoms with Gasteiger partial charge in [-0.25, -0.2) is 12.7 Å². The number of hydrogen-bond donors (Lipinski definition) is 1. The zero-order valence-corrected chi connectivity index (χ0v) is 12.5. The molecule has 0 aliphatic heterocycles. The van der Waals surface area contributed by atoms with E-state index in [2.05, 4.69) is 0 Å². The molecule has 1 aromatic carbocycles. The molecule has 7 heteroatoms. The van der Waals surface area contributed by atoms with Gasteiger partial charge in [-0.15, -0.1) is 11.8 Å². The summed E-state index contributed by atoms with van der Waals surface area (Å²) in [6, 6.07) is 7.60. The first-order valence-electron chi connectivity index (χ1n) is 5.64. The fraction of sp³-hybridized carbons (Fsp3) is 0.417. The van der Waals surface area contributed by atoms with E-state index in [-0.39, 0.29) is 18.7 Å². The minimum absolute atomic E-state index is 0.247. The summed E-state index contributed by atoms with van der Waals surface area (Å²) in [6.45, 7) is 0.247. The van der Waals surface area contributed by atoms with Crippen LogP contribution in [-0.4, -0.2) is 42.9 Å². The fourth-order valence-electron chi connectivity index (χ4n) is 1.46. The molecule has 1 rings (SSSR count). The lowest BCUT2D eigenvalue weighted by Crippen LogP contribution is -2.29. The molecule has 0 aromatic heterocycles. The van der Waals surface area contributed by atoms with Crippen LogP contribution in [0.2, 0.25) is 0 Å². The number of benzene rings is 1. The van der Waals surface area contributed by atoms with Crippen LogP contribution in [0, 0.1) is 0 Å². The molecule has 0 saturated heterocycles. The Morgan fingerprint density at radius 2 is 1.89 bits per heavy atom. The summed E-state index contributed by atoms with van der Waals surface area (Å²) in [5.41, 5.74) is 0.874. The number of thioether (sulfide) groups is 1. The molecule has 0 atom stereocenters. The van der Waals surface area contributed by atoms with Crippen molar-refractivity contribution in [2.75, 3.05) is 19.1 Å². The van der Waals surface area contributed by atoms with E-state index in [0.29, 0.717) is 0 Å². The highest BCUT2D eigenvalue weighted by molar-refractivity contribution is 7.98. The predicted molar refractivity (Wildman–Crippen MR) is 75.7 cm³/mol. The average Bonchev–Trinajstić information content (AvgIpc) is 2.37. The molecule has 0 radical (unpaired) electrons. The maximum Gasteiger partial charge on any atom is 0.304 e. The Kier molecular flexibility index (Phi) is 5.84. The largest absolute Gasteiger partial charge is 0.481 e. The Hall–Kier alpha value is -1.05. The summed E-state index contributed by atoms with van der Waals surface area (Å²) in [6.07, 6.45) is 1.59. The highest BCUT2D eigenvalue weighted by Crippen LogP contribution is 2.16. The smallest absolute Gasteiger partial charge is 0.304 e. The van der Waals surface area contributed by atoms with Gasteiger partial charge >= 0.3 is 5.97 Å². The number of carbonyl (C=O) groups is 1. The quantitative estimate of drug-likeness (QED) is 0.775. The molecular weight excluding hydrogens is 286 g/mol. The molecule has 0 fully saturated rings. The molecule has 106 valence electrons. The zero-order chi connectivity index (χ0) is 14.5. The molecule has 0 bridgehead atoms. The van der Waals surface area contributed by atoms with Crippen LogP contribution in [-0.2, 0) is 21.4 Å². The molecule has 0 spiro atoms. The van der Waals surface area contributed by atoms with Crippen molar-refractivity contribution < 1.29 is 18.3 Å². The second-order valence-electron chi connectivity index (χ2n) is 4.06. The van der Waals surface area contributed by atoms with Gasteiger partial charge in [0.15, 0.2) is 0 Å². The van der Waals surface area contributed by atoms with Crippen molar-refractivity contribution in [1.29, 1.82) is 0 Å². The highest BCUT2D eigenvalue weighted by Gasteiger charge is 2.19. The third kappa shape index (κ3) is 5.22. The summed E-state index contributed by atoms with van der Waals surface area (Å²) >= 11 is 1.62. The predicted octanol–water partition coefficient (Wildman–Crippen LogP) is 1.64. The van der Waals surface area contributed by atoms with Crippen molar-refractivity contribution in [3.05, 3.63) is 29.8 Å². The van der Waals surface area contributed by atoms with E-state index in [4.69, 9.17) is 5.11 Å². The first-order valence-corrected chi connectivity index (χ1v) is 8.47. The Morgan fingerprint density at radius 3 is 2.37 bits per heavy atom. The van der Waals surface area contributed by atoms with Gasteiger partial charge in [-0.1, -0.05) is 12.1 Å². The molecule has 0 heterocycles. The lowest BCUT2D eigenvalue weighted by atomic mass is 10.2. The average molecular weight is 303 g/mol. The van der Waals surface area contributed by atoms with Crippen molar-refractivity contribution >= 4 is 27.8 Å². The van der Waals surface area contributed by atoms with Crippen molar-refractivity contribution in [2.24, 2.45) is 0 Å². The zero-order valence-electron chi connectivity index (χ0n) is 10.9. The van der Waals surface area contributed by atoms with Gasteiger partial charge in [0.25, 0.3) is 0 Å². The van der Waals surface area contributed by atoms with E-state index in [1.165, 1.54) is 11.4 Å². The summed E-state index contributed by atoms with van der Waals surface area (Å²) in [4.78, 5) is 11.5. The number of sulfonamides is 1. The fourth-order valence-corrected chi connectivity index (χ4v) is 2.96.